The van der Waals surface area contributed by atoms with Gasteiger partial charge in [-0.25, -0.2) is 15.0 Å². The summed E-state index contributed by atoms with van der Waals surface area (Å²) in [7, 11) is 0. The number of anilines is 3. The summed E-state index contributed by atoms with van der Waals surface area (Å²) in [6, 6.07) is 16.2. The summed E-state index contributed by atoms with van der Waals surface area (Å²) >= 11 is 0. The molecule has 2 heterocycles. The Bertz CT molecular complexity index is 1310. The lowest BCUT2D eigenvalue weighted by molar-refractivity contribution is 0.0993. The fraction of sp³-hybridized carbons (Fsp3) is 0.231. The topological polar surface area (TPSA) is 84.7 Å². The summed E-state index contributed by atoms with van der Waals surface area (Å²) in [4.78, 5) is 26.1. The van der Waals surface area contributed by atoms with Crippen LogP contribution in [0.4, 0.5) is 17.5 Å². The lowest BCUT2D eigenvalue weighted by atomic mass is 10.00. The van der Waals surface area contributed by atoms with Gasteiger partial charge in [-0.1, -0.05) is 42.0 Å². The molecule has 0 spiro atoms. The number of benzene rings is 2. The van der Waals surface area contributed by atoms with Gasteiger partial charge in [-0.05, 0) is 43.9 Å². The SMILES string of the molecule is Cc1cccc(CC(=O)c2ccc(C)c(Nc3nccn3-c3cc(NC4CC4)ncn3)c2)c1. The lowest BCUT2D eigenvalue weighted by Gasteiger charge is -2.13. The van der Waals surface area contributed by atoms with E-state index >= 15 is 0 Å². The van der Waals surface area contributed by atoms with Crippen LogP contribution in [-0.4, -0.2) is 31.3 Å². The van der Waals surface area contributed by atoms with Crippen LogP contribution in [0.15, 0.2) is 67.3 Å². The van der Waals surface area contributed by atoms with Crippen molar-refractivity contribution in [3.05, 3.63) is 89.5 Å². The first-order valence-electron chi connectivity index (χ1n) is 11.1. The number of aryl methyl sites for hydroxylation is 2. The van der Waals surface area contributed by atoms with Gasteiger partial charge in [0.1, 0.15) is 18.0 Å². The molecule has 33 heavy (non-hydrogen) atoms. The zero-order valence-corrected chi connectivity index (χ0v) is 18.7. The fourth-order valence-electron chi connectivity index (χ4n) is 3.74. The average molecular weight is 439 g/mol. The highest BCUT2D eigenvalue weighted by atomic mass is 16.1. The molecule has 1 aliphatic carbocycles. The second kappa shape index (κ2) is 8.86. The molecule has 0 saturated heterocycles. The standard InChI is InChI=1S/C26H26N6O/c1-17-4-3-5-19(12-17)13-23(33)20-7-6-18(2)22(14-20)31-26-27-10-11-32(26)25-15-24(28-16-29-25)30-21-8-9-21/h3-7,10-12,14-16,21H,8-9,13H2,1-2H3,(H,27,31)(H,28,29,30). The quantitative estimate of drug-likeness (QED) is 0.376. The van der Waals surface area contributed by atoms with Crippen molar-refractivity contribution in [3.63, 3.8) is 0 Å². The number of ketones is 1. The zero-order chi connectivity index (χ0) is 22.8. The lowest BCUT2D eigenvalue weighted by Crippen LogP contribution is -2.08. The van der Waals surface area contributed by atoms with Gasteiger partial charge >= 0.3 is 0 Å². The third-order valence-corrected chi connectivity index (χ3v) is 5.72. The molecule has 0 radical (unpaired) electrons. The smallest absolute Gasteiger partial charge is 0.213 e. The summed E-state index contributed by atoms with van der Waals surface area (Å²) in [6.45, 7) is 4.04. The van der Waals surface area contributed by atoms with E-state index in [1.165, 1.54) is 12.8 Å². The molecule has 0 amide bonds. The number of nitrogens with zero attached hydrogens (tertiary/aromatic N) is 4. The molecule has 7 nitrogen and oxygen atoms in total. The minimum atomic E-state index is 0.0820. The van der Waals surface area contributed by atoms with E-state index in [0.717, 1.165) is 34.0 Å². The molecule has 7 heteroatoms. The van der Waals surface area contributed by atoms with Crippen LogP contribution in [0.3, 0.4) is 0 Å². The molecule has 2 N–H and O–H groups in total. The second-order valence-electron chi connectivity index (χ2n) is 8.54. The van der Waals surface area contributed by atoms with Gasteiger partial charge in [0.2, 0.25) is 5.95 Å². The predicted molar refractivity (Wildman–Crippen MR) is 129 cm³/mol. The first-order chi connectivity index (χ1) is 16.0. The van der Waals surface area contributed by atoms with E-state index in [2.05, 4.69) is 31.7 Å². The second-order valence-corrected chi connectivity index (χ2v) is 8.54. The van der Waals surface area contributed by atoms with Gasteiger partial charge in [0, 0.05) is 42.2 Å². The monoisotopic (exact) mass is 438 g/mol. The Morgan fingerprint density at radius 2 is 1.94 bits per heavy atom. The maximum Gasteiger partial charge on any atom is 0.213 e. The van der Waals surface area contributed by atoms with Crippen LogP contribution in [0, 0.1) is 13.8 Å². The van der Waals surface area contributed by atoms with E-state index in [9.17, 15) is 4.79 Å². The molecule has 1 aliphatic rings. The maximum atomic E-state index is 12.9. The van der Waals surface area contributed by atoms with Crippen LogP contribution in [0.2, 0.25) is 0 Å². The van der Waals surface area contributed by atoms with Gasteiger partial charge in [-0.15, -0.1) is 0 Å². The van der Waals surface area contributed by atoms with Crippen molar-refractivity contribution in [2.75, 3.05) is 10.6 Å². The van der Waals surface area contributed by atoms with Crippen molar-refractivity contribution in [2.45, 2.75) is 39.2 Å². The van der Waals surface area contributed by atoms with Crippen LogP contribution in [0.25, 0.3) is 5.82 Å². The van der Waals surface area contributed by atoms with E-state index in [1.807, 2.05) is 67.1 Å². The molecule has 2 aromatic heterocycles. The van der Waals surface area contributed by atoms with Crippen molar-refractivity contribution in [3.8, 4) is 5.82 Å². The Morgan fingerprint density at radius 1 is 1.06 bits per heavy atom. The molecule has 0 atom stereocenters. The van der Waals surface area contributed by atoms with Gasteiger partial charge in [0.05, 0.1) is 0 Å². The average Bonchev–Trinajstić information content (AvgIpc) is 3.49. The molecular weight excluding hydrogens is 412 g/mol. The molecular formula is C26H26N6O. The maximum absolute atomic E-state index is 12.9. The van der Waals surface area contributed by atoms with Crippen LogP contribution >= 0.6 is 0 Å². The zero-order valence-electron chi connectivity index (χ0n) is 18.7. The van der Waals surface area contributed by atoms with Crippen molar-refractivity contribution in [1.82, 2.24) is 19.5 Å². The summed E-state index contributed by atoms with van der Waals surface area (Å²) in [6.07, 6.45) is 7.86. The van der Waals surface area contributed by atoms with Crippen molar-refractivity contribution in [1.29, 1.82) is 0 Å². The van der Waals surface area contributed by atoms with Gasteiger partial charge < -0.3 is 10.6 Å². The third-order valence-electron chi connectivity index (χ3n) is 5.72. The fourth-order valence-corrected chi connectivity index (χ4v) is 3.74. The largest absolute Gasteiger partial charge is 0.367 e. The van der Waals surface area contributed by atoms with Crippen LogP contribution in [0.5, 0.6) is 0 Å². The number of nitrogens with one attached hydrogen (secondary N) is 2. The first kappa shape index (κ1) is 20.9. The van der Waals surface area contributed by atoms with Crippen LogP contribution in [-0.2, 0) is 6.42 Å². The number of aromatic nitrogens is 4. The van der Waals surface area contributed by atoms with Crippen LogP contribution in [0.1, 0.15) is 39.9 Å². The summed E-state index contributed by atoms with van der Waals surface area (Å²) in [5, 5.41) is 6.78. The van der Waals surface area contributed by atoms with E-state index in [-0.39, 0.29) is 5.78 Å². The minimum absolute atomic E-state index is 0.0820. The summed E-state index contributed by atoms with van der Waals surface area (Å²) in [5.41, 5.74) is 4.70. The number of carbonyl (C=O) groups is 1. The third kappa shape index (κ3) is 4.92. The van der Waals surface area contributed by atoms with Gasteiger partial charge in [0.25, 0.3) is 0 Å². The van der Waals surface area contributed by atoms with Gasteiger partial charge in [-0.3, -0.25) is 9.36 Å². The number of hydrogen-bond donors (Lipinski definition) is 2. The first-order valence-corrected chi connectivity index (χ1v) is 11.1. The van der Waals surface area contributed by atoms with Crippen molar-refractivity contribution < 1.29 is 4.79 Å². The van der Waals surface area contributed by atoms with E-state index < -0.39 is 0 Å². The molecule has 0 aliphatic heterocycles. The molecule has 0 unspecified atom stereocenters. The Labute approximate surface area is 192 Å². The van der Waals surface area contributed by atoms with Gasteiger partial charge in [0.15, 0.2) is 5.78 Å². The number of imidazole rings is 1. The normalized spacial score (nSPS) is 13.0. The number of carbonyl (C=O) groups excluding carboxylic acids is 1. The van der Waals surface area contributed by atoms with Crippen molar-refractivity contribution in [2.24, 2.45) is 0 Å². The molecule has 1 fully saturated rings. The summed E-state index contributed by atoms with van der Waals surface area (Å²) < 4.78 is 1.88. The van der Waals surface area contributed by atoms with E-state index in [4.69, 9.17) is 0 Å². The highest BCUT2D eigenvalue weighted by Gasteiger charge is 2.21. The number of Topliss-reactive ketones (excluding diaryl/α,β-unsaturated/α-hetero) is 1. The molecule has 4 aromatic rings. The highest BCUT2D eigenvalue weighted by Crippen LogP contribution is 2.26. The Morgan fingerprint density at radius 3 is 2.76 bits per heavy atom. The van der Waals surface area contributed by atoms with Crippen molar-refractivity contribution >= 4 is 23.2 Å². The molecule has 1 saturated carbocycles. The minimum Gasteiger partial charge on any atom is -0.367 e. The number of hydrogen-bond acceptors (Lipinski definition) is 6. The predicted octanol–water partition coefficient (Wildman–Crippen LogP) is 5.02. The van der Waals surface area contributed by atoms with Gasteiger partial charge in [-0.2, -0.15) is 0 Å². The number of rotatable bonds is 8. The summed E-state index contributed by atoms with van der Waals surface area (Å²) in [5.74, 6) is 2.23. The Balaban J connectivity index is 1.37. The van der Waals surface area contributed by atoms with E-state index in [1.54, 1.807) is 12.5 Å². The van der Waals surface area contributed by atoms with E-state index in [0.29, 0.717) is 24.0 Å². The van der Waals surface area contributed by atoms with Crippen LogP contribution < -0.4 is 10.6 Å². The highest BCUT2D eigenvalue weighted by molar-refractivity contribution is 5.98. The Kier molecular flexibility index (Phi) is 5.60. The molecule has 2 aromatic carbocycles. The Hall–Kier alpha value is -4.00. The molecule has 166 valence electrons. The molecule has 0 bridgehead atoms. The molecule has 5 rings (SSSR count).